The molecule has 0 aliphatic heterocycles. The van der Waals surface area contributed by atoms with E-state index in [2.05, 4.69) is 14.9 Å². The minimum absolute atomic E-state index is 0.0261. The van der Waals surface area contributed by atoms with Crippen molar-refractivity contribution in [2.24, 2.45) is 5.92 Å². The lowest BCUT2D eigenvalue weighted by Crippen LogP contribution is -2.47. The number of carboxylic acid groups (broad SMARTS) is 1. The molecule has 0 radical (unpaired) electrons. The molecule has 0 unspecified atom stereocenters. The number of nitrogens with one attached hydrogen (secondary N) is 1. The molecule has 1 atom stereocenters. The third-order valence-corrected chi connectivity index (χ3v) is 9.66. The zero-order chi connectivity index (χ0) is 31.3. The maximum Gasteiger partial charge on any atom is 0.338 e. The van der Waals surface area contributed by atoms with Gasteiger partial charge >= 0.3 is 5.97 Å². The van der Waals surface area contributed by atoms with Crippen molar-refractivity contribution in [2.75, 3.05) is 20.2 Å². The van der Waals surface area contributed by atoms with Crippen molar-refractivity contribution in [3.63, 3.8) is 0 Å². The van der Waals surface area contributed by atoms with Crippen molar-refractivity contribution in [3.05, 3.63) is 72.6 Å². The smallest absolute Gasteiger partial charge is 0.338 e. The summed E-state index contributed by atoms with van der Waals surface area (Å²) in [5, 5.41) is 11.1. The number of aromatic amines is 1. The highest BCUT2D eigenvalue weighted by atomic mass is 32.1. The number of hydrogen-bond acceptors (Lipinski definition) is 8. The van der Waals surface area contributed by atoms with Crippen LogP contribution in [0.3, 0.4) is 0 Å². The lowest BCUT2D eigenvalue weighted by atomic mass is 9.80. The number of rotatable bonds is 9. The van der Waals surface area contributed by atoms with E-state index in [1.54, 1.807) is 29.9 Å². The number of carboxylic acids is 1. The number of hydrogen-bond donors (Lipinski definition) is 2. The van der Waals surface area contributed by atoms with E-state index in [1.165, 1.54) is 17.4 Å². The van der Waals surface area contributed by atoms with Crippen LogP contribution >= 0.6 is 11.3 Å². The summed E-state index contributed by atoms with van der Waals surface area (Å²) in [6, 6.07) is 4.90. The number of fused-ring (bicyclic) bond motifs is 2. The van der Waals surface area contributed by atoms with Crippen LogP contribution < -0.4 is 15.9 Å². The second kappa shape index (κ2) is 11.5. The van der Waals surface area contributed by atoms with E-state index < -0.39 is 11.9 Å². The largest absolute Gasteiger partial charge is 0.478 e. The summed E-state index contributed by atoms with van der Waals surface area (Å²) in [6.07, 6.45) is 1.82. The number of halogens is 2. The van der Waals surface area contributed by atoms with Gasteiger partial charge < -0.3 is 14.7 Å². The Hall–Kier alpha value is -3.97. The number of aryl methyl sites for hydroxylation is 3. The van der Waals surface area contributed by atoms with Crippen LogP contribution in [0.2, 0.25) is 0 Å². The maximum atomic E-state index is 13.6. The van der Waals surface area contributed by atoms with Crippen molar-refractivity contribution in [1.29, 1.82) is 0 Å². The first kappa shape index (κ1) is 30.1. The monoisotopic (exact) mass is 625 g/mol. The van der Waals surface area contributed by atoms with Crippen LogP contribution in [0.15, 0.2) is 33.2 Å². The van der Waals surface area contributed by atoms with Gasteiger partial charge in [-0.3, -0.25) is 24.1 Å². The molecule has 44 heavy (non-hydrogen) atoms. The molecule has 13 heteroatoms. The van der Waals surface area contributed by atoms with Crippen molar-refractivity contribution < 1.29 is 23.4 Å². The topological polar surface area (TPSA) is 130 Å². The molecule has 232 valence electrons. The maximum absolute atomic E-state index is 13.6. The Morgan fingerprint density at radius 1 is 1.23 bits per heavy atom. The Balaban J connectivity index is 1.21. The van der Waals surface area contributed by atoms with Gasteiger partial charge in [0.05, 0.1) is 28.0 Å². The average Bonchev–Trinajstić information content (AvgIpc) is 3.37. The van der Waals surface area contributed by atoms with E-state index >= 15 is 0 Å². The van der Waals surface area contributed by atoms with E-state index in [4.69, 9.17) is 9.72 Å². The first-order chi connectivity index (χ1) is 20.9. The van der Waals surface area contributed by atoms with Crippen molar-refractivity contribution in [2.45, 2.75) is 64.5 Å². The van der Waals surface area contributed by atoms with Gasteiger partial charge in [-0.1, -0.05) is 0 Å². The van der Waals surface area contributed by atoms with Crippen LogP contribution in [0.25, 0.3) is 21.3 Å². The number of thiophene rings is 1. The van der Waals surface area contributed by atoms with Crippen LogP contribution in [0, 0.1) is 19.8 Å². The van der Waals surface area contributed by atoms with Crippen molar-refractivity contribution in [1.82, 2.24) is 24.4 Å². The zero-order valence-electron chi connectivity index (χ0n) is 24.7. The number of ether oxygens (including phenoxy) is 1. The second-order valence-electron chi connectivity index (χ2n) is 11.9. The summed E-state index contributed by atoms with van der Waals surface area (Å²) in [6.45, 7) is 4.38. The van der Waals surface area contributed by atoms with Crippen molar-refractivity contribution >= 4 is 27.5 Å². The Morgan fingerprint density at radius 3 is 2.73 bits per heavy atom. The lowest BCUT2D eigenvalue weighted by Gasteiger charge is -2.40. The first-order valence-corrected chi connectivity index (χ1v) is 15.4. The Labute approximate surface area is 255 Å². The molecule has 0 aromatic carbocycles. The Bertz CT molecular complexity index is 1880. The fourth-order valence-corrected chi connectivity index (χ4v) is 7.44. The Kier molecular flexibility index (Phi) is 7.87. The van der Waals surface area contributed by atoms with Gasteiger partial charge in [0.2, 0.25) is 11.8 Å². The number of H-pyrrole nitrogens is 1. The fourth-order valence-electron chi connectivity index (χ4n) is 6.43. The number of nitrogens with zero attached hydrogens (tertiary/aromatic N) is 4. The van der Waals surface area contributed by atoms with E-state index in [-0.39, 0.29) is 60.5 Å². The molecule has 4 aromatic heterocycles. The van der Waals surface area contributed by atoms with E-state index in [0.717, 1.165) is 12.1 Å². The molecule has 1 saturated carbocycles. The van der Waals surface area contributed by atoms with Gasteiger partial charge in [-0.25, -0.2) is 18.6 Å². The quantitative estimate of drug-likeness (QED) is 0.279. The molecular weight excluding hydrogens is 592 g/mol. The van der Waals surface area contributed by atoms with Crippen LogP contribution in [-0.4, -0.2) is 67.7 Å². The Morgan fingerprint density at radius 2 is 2.00 bits per heavy atom. The highest BCUT2D eigenvalue weighted by Gasteiger charge is 2.45. The number of alkyl halides is 2. The normalized spacial score (nSPS) is 17.9. The fraction of sp³-hybridized carbons (Fsp3) is 0.452. The van der Waals surface area contributed by atoms with Crippen LogP contribution in [0.5, 0.6) is 5.88 Å². The number of carbonyl (C=O) groups is 1. The number of pyridine rings is 2. The molecule has 2 N–H and O–H groups in total. The summed E-state index contributed by atoms with van der Waals surface area (Å²) in [4.78, 5) is 51.6. The van der Waals surface area contributed by atoms with Gasteiger partial charge in [-0.15, -0.1) is 11.3 Å². The molecule has 6 rings (SSSR count). The predicted octanol–water partition coefficient (Wildman–Crippen LogP) is 4.44. The molecule has 0 saturated heterocycles. The third-order valence-electron chi connectivity index (χ3n) is 8.65. The van der Waals surface area contributed by atoms with Crippen LogP contribution in [0.1, 0.15) is 52.4 Å². The highest BCUT2D eigenvalue weighted by molar-refractivity contribution is 7.18. The molecule has 4 aromatic rings. The first-order valence-electron chi connectivity index (χ1n) is 14.6. The molecule has 0 bridgehead atoms. The minimum atomic E-state index is -2.55. The minimum Gasteiger partial charge on any atom is -0.478 e. The number of aromatic carboxylic acids is 1. The van der Waals surface area contributed by atoms with Crippen LogP contribution in [0.4, 0.5) is 8.78 Å². The summed E-state index contributed by atoms with van der Waals surface area (Å²) >= 11 is 1.25. The molecule has 0 spiro atoms. The highest BCUT2D eigenvalue weighted by Crippen LogP contribution is 2.43. The molecule has 2 aliphatic carbocycles. The average molecular weight is 626 g/mol. The summed E-state index contributed by atoms with van der Waals surface area (Å²) in [5.74, 6) is -2.88. The molecule has 2 aliphatic rings. The van der Waals surface area contributed by atoms with Crippen LogP contribution in [-0.2, 0) is 19.4 Å². The molecule has 4 heterocycles. The van der Waals surface area contributed by atoms with E-state index in [0.29, 0.717) is 57.8 Å². The number of aromatic nitrogens is 4. The summed E-state index contributed by atoms with van der Waals surface area (Å²) < 4.78 is 35.0. The van der Waals surface area contributed by atoms with Crippen molar-refractivity contribution in [3.8, 4) is 17.0 Å². The lowest BCUT2D eigenvalue weighted by molar-refractivity contribution is -0.117. The third kappa shape index (κ3) is 5.77. The van der Waals surface area contributed by atoms with E-state index in [9.17, 15) is 28.3 Å². The SMILES string of the molecule is Cc1cc(-c2ccc(=O)[nH]c2OCCn2c(C)nc3c(c2=O)C[C@@H](N(C)CC2CC(F)(F)C2)CC3)c2scc(C(=O)O)c2n1. The van der Waals surface area contributed by atoms with Gasteiger partial charge in [-0.2, -0.15) is 0 Å². The van der Waals surface area contributed by atoms with Gasteiger partial charge in [-0.05, 0) is 58.2 Å². The standard InChI is InChI=1S/C31H33F2N5O5S/c1-16-10-21(27-26(34-16)23(15-44-27)30(41)42)20-5-7-25(39)36-28(20)43-9-8-38-17(2)35-24-6-4-19(11-22(24)29(38)40)37(3)14-18-12-31(32,33)13-18/h5,7,10,15,18-19H,4,6,8-9,11-14H2,1-3H3,(H,36,39)(H,41,42)/t19-/m0/s1. The predicted molar refractivity (Wildman–Crippen MR) is 162 cm³/mol. The zero-order valence-corrected chi connectivity index (χ0v) is 25.5. The van der Waals surface area contributed by atoms with Gasteiger partial charge in [0, 0.05) is 59.3 Å². The van der Waals surface area contributed by atoms with Gasteiger partial charge in [0.15, 0.2) is 0 Å². The summed E-state index contributed by atoms with van der Waals surface area (Å²) in [5.41, 5.74) is 3.26. The molecule has 0 amide bonds. The van der Waals surface area contributed by atoms with E-state index in [1.807, 2.05) is 13.1 Å². The van der Waals surface area contributed by atoms with Gasteiger partial charge in [0.25, 0.3) is 11.1 Å². The molecule has 1 fully saturated rings. The molecule has 10 nitrogen and oxygen atoms in total. The number of likely N-dealkylation sites (N-methyl/N-ethyl adjacent to an activating group) is 1. The van der Waals surface area contributed by atoms with Gasteiger partial charge in [0.1, 0.15) is 12.4 Å². The second-order valence-corrected chi connectivity index (χ2v) is 12.7. The summed E-state index contributed by atoms with van der Waals surface area (Å²) in [7, 11) is 1.94. The molecular formula is C31H33F2N5O5S.